The number of hydrogen-bond donors (Lipinski definition) is 1. The Morgan fingerprint density at radius 1 is 1.00 bits per heavy atom. The predicted molar refractivity (Wildman–Crippen MR) is 108 cm³/mol. The van der Waals surface area contributed by atoms with Gasteiger partial charge in [-0.3, -0.25) is 4.79 Å². The Bertz CT molecular complexity index is 745. The van der Waals surface area contributed by atoms with E-state index in [1.54, 1.807) is 12.1 Å². The van der Waals surface area contributed by atoms with Crippen LogP contribution in [-0.4, -0.2) is 18.5 Å². The highest BCUT2D eigenvalue weighted by Gasteiger charge is 2.17. The fourth-order valence-corrected chi connectivity index (χ4v) is 2.85. The van der Waals surface area contributed by atoms with Gasteiger partial charge in [0.1, 0.15) is 0 Å². The third-order valence-corrected chi connectivity index (χ3v) is 4.44. The van der Waals surface area contributed by atoms with Crippen molar-refractivity contribution >= 4 is 11.9 Å². The number of esters is 1. The van der Waals surface area contributed by atoms with Crippen molar-refractivity contribution in [3.05, 3.63) is 71.3 Å². The number of nitrogens with one attached hydrogen (secondary N) is 1. The molecule has 0 aliphatic heterocycles. The number of benzene rings is 2. The fourth-order valence-electron chi connectivity index (χ4n) is 2.85. The maximum Gasteiger partial charge on any atom is 0.338 e. The van der Waals surface area contributed by atoms with E-state index in [-0.39, 0.29) is 24.0 Å². The van der Waals surface area contributed by atoms with E-state index in [9.17, 15) is 9.59 Å². The first-order valence-corrected chi connectivity index (χ1v) is 9.43. The Labute approximate surface area is 161 Å². The molecule has 0 saturated carbocycles. The lowest BCUT2D eigenvalue weighted by molar-refractivity contribution is -0.125. The number of carbonyl (C=O) groups excluding carboxylic acids is 2. The minimum Gasteiger partial charge on any atom is -0.452 e. The molecule has 0 aliphatic carbocycles. The van der Waals surface area contributed by atoms with Gasteiger partial charge in [0, 0.05) is 0 Å². The van der Waals surface area contributed by atoms with Crippen LogP contribution in [0.1, 0.15) is 68.1 Å². The van der Waals surface area contributed by atoms with Crippen LogP contribution >= 0.6 is 0 Å². The first-order valence-electron chi connectivity index (χ1n) is 9.43. The summed E-state index contributed by atoms with van der Waals surface area (Å²) in [7, 11) is 0. The van der Waals surface area contributed by atoms with Crippen molar-refractivity contribution in [2.45, 2.75) is 52.0 Å². The second kappa shape index (κ2) is 9.36. The molecule has 0 spiro atoms. The molecule has 4 heteroatoms. The summed E-state index contributed by atoms with van der Waals surface area (Å²) in [6, 6.07) is 17.1. The largest absolute Gasteiger partial charge is 0.452 e. The number of rotatable bonds is 7. The lowest BCUT2D eigenvalue weighted by atomic mass is 9.87. The van der Waals surface area contributed by atoms with Crippen LogP contribution in [0.25, 0.3) is 0 Å². The van der Waals surface area contributed by atoms with E-state index in [1.807, 2.05) is 42.5 Å². The van der Waals surface area contributed by atoms with E-state index in [4.69, 9.17) is 4.74 Å². The molecule has 1 N–H and O–H groups in total. The molecule has 0 unspecified atom stereocenters. The van der Waals surface area contributed by atoms with Crippen molar-refractivity contribution < 1.29 is 14.3 Å². The molecular weight excluding hydrogens is 338 g/mol. The second-order valence-corrected chi connectivity index (χ2v) is 7.72. The van der Waals surface area contributed by atoms with E-state index in [1.165, 1.54) is 0 Å². The Morgan fingerprint density at radius 2 is 1.63 bits per heavy atom. The minimum atomic E-state index is -0.489. The van der Waals surface area contributed by atoms with Crippen LogP contribution in [-0.2, 0) is 14.9 Å². The summed E-state index contributed by atoms with van der Waals surface area (Å²) in [6.45, 7) is 8.13. The van der Waals surface area contributed by atoms with Crippen molar-refractivity contribution in [3.8, 4) is 0 Å². The van der Waals surface area contributed by atoms with E-state index in [2.05, 4.69) is 33.0 Å². The van der Waals surface area contributed by atoms with Gasteiger partial charge in [0.05, 0.1) is 11.6 Å². The first-order chi connectivity index (χ1) is 12.8. The zero-order valence-corrected chi connectivity index (χ0v) is 16.6. The van der Waals surface area contributed by atoms with Crippen LogP contribution in [0.15, 0.2) is 54.6 Å². The smallest absolute Gasteiger partial charge is 0.338 e. The SMILES string of the molecule is CCC[C@H](NC(=O)COC(=O)c1ccc(C(C)(C)C)cc1)c1ccccc1. The molecule has 1 amide bonds. The molecule has 0 fully saturated rings. The zero-order chi connectivity index (χ0) is 19.9. The molecule has 4 nitrogen and oxygen atoms in total. The molecule has 2 rings (SSSR count). The fraction of sp³-hybridized carbons (Fsp3) is 0.391. The van der Waals surface area contributed by atoms with E-state index < -0.39 is 5.97 Å². The summed E-state index contributed by atoms with van der Waals surface area (Å²) in [4.78, 5) is 24.4. The monoisotopic (exact) mass is 367 g/mol. The van der Waals surface area contributed by atoms with Crippen molar-refractivity contribution in [1.29, 1.82) is 0 Å². The third-order valence-electron chi connectivity index (χ3n) is 4.44. The molecular formula is C23H29NO3. The van der Waals surface area contributed by atoms with Crippen LogP contribution in [0.4, 0.5) is 0 Å². The van der Waals surface area contributed by atoms with Crippen molar-refractivity contribution in [2.75, 3.05) is 6.61 Å². The molecule has 0 heterocycles. The summed E-state index contributed by atoms with van der Waals surface area (Å²) in [5.41, 5.74) is 2.66. The molecule has 0 bridgehead atoms. The van der Waals surface area contributed by atoms with Crippen LogP contribution in [0.3, 0.4) is 0 Å². The first kappa shape index (κ1) is 20.7. The second-order valence-electron chi connectivity index (χ2n) is 7.72. The normalized spacial score (nSPS) is 12.3. The van der Waals surface area contributed by atoms with Gasteiger partial charge in [0.2, 0.25) is 0 Å². The van der Waals surface area contributed by atoms with Crippen LogP contribution in [0.5, 0.6) is 0 Å². The molecule has 2 aromatic rings. The van der Waals surface area contributed by atoms with Crippen molar-refractivity contribution in [3.63, 3.8) is 0 Å². The Morgan fingerprint density at radius 3 is 2.19 bits per heavy atom. The number of carbonyl (C=O) groups is 2. The van der Waals surface area contributed by atoms with Gasteiger partial charge in [-0.25, -0.2) is 4.79 Å². The van der Waals surface area contributed by atoms with E-state index in [0.29, 0.717) is 5.56 Å². The van der Waals surface area contributed by atoms with Gasteiger partial charge in [-0.1, -0.05) is 76.6 Å². The van der Waals surface area contributed by atoms with Crippen molar-refractivity contribution in [1.82, 2.24) is 5.32 Å². The number of amides is 1. The summed E-state index contributed by atoms with van der Waals surface area (Å²) in [5, 5.41) is 2.95. The lowest BCUT2D eigenvalue weighted by Gasteiger charge is -2.19. The molecule has 0 radical (unpaired) electrons. The molecule has 0 aliphatic rings. The Hall–Kier alpha value is -2.62. The standard InChI is InChI=1S/C23H29NO3/c1-5-9-20(17-10-7-6-8-11-17)24-21(25)16-27-22(26)18-12-14-19(15-13-18)23(2,3)4/h6-8,10-15,20H,5,9,16H2,1-4H3,(H,24,25)/t20-/m0/s1. The number of hydrogen-bond acceptors (Lipinski definition) is 3. The van der Waals surface area contributed by atoms with Crippen LogP contribution in [0.2, 0.25) is 0 Å². The van der Waals surface area contributed by atoms with Gasteiger partial charge < -0.3 is 10.1 Å². The Balaban J connectivity index is 1.91. The minimum absolute atomic E-state index is 0.0219. The van der Waals surface area contributed by atoms with Gasteiger partial charge >= 0.3 is 5.97 Å². The van der Waals surface area contributed by atoms with E-state index in [0.717, 1.165) is 24.0 Å². The molecule has 27 heavy (non-hydrogen) atoms. The van der Waals surface area contributed by atoms with Crippen LogP contribution < -0.4 is 5.32 Å². The van der Waals surface area contributed by atoms with E-state index >= 15 is 0 Å². The zero-order valence-electron chi connectivity index (χ0n) is 16.6. The van der Waals surface area contributed by atoms with Gasteiger partial charge in [0.15, 0.2) is 6.61 Å². The summed E-state index contributed by atoms with van der Waals surface area (Å²) in [5.74, 6) is -0.783. The molecule has 144 valence electrons. The summed E-state index contributed by atoms with van der Waals surface area (Å²) < 4.78 is 5.18. The quantitative estimate of drug-likeness (QED) is 0.715. The summed E-state index contributed by atoms with van der Waals surface area (Å²) in [6.07, 6.45) is 1.78. The summed E-state index contributed by atoms with van der Waals surface area (Å²) >= 11 is 0. The molecule has 1 atom stereocenters. The van der Waals surface area contributed by atoms with Crippen molar-refractivity contribution in [2.24, 2.45) is 0 Å². The number of ether oxygens (including phenoxy) is 1. The van der Waals surface area contributed by atoms with Crippen LogP contribution in [0, 0.1) is 0 Å². The molecule has 0 aromatic heterocycles. The Kier molecular flexibility index (Phi) is 7.17. The van der Waals surface area contributed by atoms with Gasteiger partial charge in [-0.2, -0.15) is 0 Å². The third kappa shape index (κ3) is 6.24. The average molecular weight is 367 g/mol. The molecule has 2 aromatic carbocycles. The lowest BCUT2D eigenvalue weighted by Crippen LogP contribution is -2.32. The van der Waals surface area contributed by atoms with Gasteiger partial charge in [-0.15, -0.1) is 0 Å². The predicted octanol–water partition coefficient (Wildman–Crippen LogP) is 4.80. The van der Waals surface area contributed by atoms with Gasteiger partial charge in [-0.05, 0) is 35.1 Å². The highest BCUT2D eigenvalue weighted by molar-refractivity contribution is 5.91. The maximum atomic E-state index is 12.2. The highest BCUT2D eigenvalue weighted by atomic mass is 16.5. The average Bonchev–Trinajstić information content (AvgIpc) is 2.66. The maximum absolute atomic E-state index is 12.2. The van der Waals surface area contributed by atoms with Gasteiger partial charge in [0.25, 0.3) is 5.91 Å². The molecule has 0 saturated heterocycles. The topological polar surface area (TPSA) is 55.4 Å². The highest BCUT2D eigenvalue weighted by Crippen LogP contribution is 2.22.